The van der Waals surface area contributed by atoms with Gasteiger partial charge in [0, 0.05) is 32.2 Å². The van der Waals surface area contributed by atoms with Crippen LogP contribution in [0.15, 0.2) is 59.6 Å². The molecule has 2 aromatic rings. The molecule has 0 atom stereocenters. The molecule has 0 radical (unpaired) electrons. The van der Waals surface area contributed by atoms with E-state index in [0.717, 1.165) is 17.5 Å². The van der Waals surface area contributed by atoms with E-state index in [2.05, 4.69) is 26.3 Å². The van der Waals surface area contributed by atoms with Gasteiger partial charge < -0.3 is 21.3 Å². The summed E-state index contributed by atoms with van der Waals surface area (Å²) in [6.07, 6.45) is 0.732. The van der Waals surface area contributed by atoms with Crippen LogP contribution in [0.4, 0.5) is 0 Å². The lowest BCUT2D eigenvalue weighted by atomic mass is 10.1. The van der Waals surface area contributed by atoms with Crippen molar-refractivity contribution in [1.29, 1.82) is 0 Å². The monoisotopic (exact) mass is 395 g/mol. The molecular weight excluding hydrogens is 366 g/mol. The van der Waals surface area contributed by atoms with E-state index in [9.17, 15) is 9.59 Å². The molecule has 0 saturated carbocycles. The number of carbonyl (C=O) groups is 2. The maximum absolute atomic E-state index is 12.0. The zero-order chi connectivity index (χ0) is 20.9. The summed E-state index contributed by atoms with van der Waals surface area (Å²) >= 11 is 0. The molecule has 0 aromatic heterocycles. The summed E-state index contributed by atoms with van der Waals surface area (Å²) in [6, 6.07) is 17.3. The number of amides is 2. The van der Waals surface area contributed by atoms with Crippen molar-refractivity contribution in [2.45, 2.75) is 19.9 Å². The minimum Gasteiger partial charge on any atom is -0.357 e. The van der Waals surface area contributed by atoms with Crippen molar-refractivity contribution in [2.24, 2.45) is 4.99 Å². The molecule has 0 heterocycles. The quantitative estimate of drug-likeness (QED) is 0.382. The number of carbonyl (C=O) groups excluding carboxylic acids is 2. The third-order valence-electron chi connectivity index (χ3n) is 4.18. The lowest BCUT2D eigenvalue weighted by molar-refractivity contribution is -0.119. The van der Waals surface area contributed by atoms with Gasteiger partial charge in [-0.2, -0.15) is 0 Å². The van der Waals surface area contributed by atoms with Crippen molar-refractivity contribution in [3.05, 3.63) is 71.3 Å². The Kier molecular flexibility index (Phi) is 9.21. The fourth-order valence-corrected chi connectivity index (χ4v) is 2.68. The average molecular weight is 396 g/mol. The Bertz CT molecular complexity index is 821. The highest BCUT2D eigenvalue weighted by Gasteiger charge is 2.05. The van der Waals surface area contributed by atoms with Crippen LogP contribution >= 0.6 is 0 Å². The smallest absolute Gasteiger partial charge is 0.251 e. The number of hydrogen-bond acceptors (Lipinski definition) is 3. The van der Waals surface area contributed by atoms with E-state index in [1.807, 2.05) is 55.5 Å². The van der Waals surface area contributed by atoms with Crippen molar-refractivity contribution >= 4 is 17.8 Å². The van der Waals surface area contributed by atoms with Gasteiger partial charge in [0.25, 0.3) is 5.91 Å². The van der Waals surface area contributed by atoms with Crippen molar-refractivity contribution in [1.82, 2.24) is 21.3 Å². The largest absolute Gasteiger partial charge is 0.357 e. The van der Waals surface area contributed by atoms with Gasteiger partial charge in [-0.25, -0.2) is 4.99 Å². The molecule has 7 heteroatoms. The molecule has 0 aliphatic rings. The first-order valence-electron chi connectivity index (χ1n) is 9.76. The Hall–Kier alpha value is -3.35. The molecule has 0 spiro atoms. The molecule has 0 saturated heterocycles. The predicted molar refractivity (Wildman–Crippen MR) is 116 cm³/mol. The van der Waals surface area contributed by atoms with Crippen LogP contribution in [0.25, 0.3) is 0 Å². The van der Waals surface area contributed by atoms with Gasteiger partial charge in [-0.1, -0.05) is 42.5 Å². The molecule has 4 N–H and O–H groups in total. The van der Waals surface area contributed by atoms with Gasteiger partial charge in [-0.05, 0) is 36.6 Å². The number of nitrogens with zero attached hydrogens (tertiary/aromatic N) is 1. The zero-order valence-corrected chi connectivity index (χ0v) is 17.0. The van der Waals surface area contributed by atoms with E-state index in [-0.39, 0.29) is 18.4 Å². The van der Waals surface area contributed by atoms with Crippen LogP contribution in [0, 0.1) is 0 Å². The SMILES string of the molecule is CCNC(=NCC(=O)NCc1ccccc1)NCCc1cccc(C(=O)NC)c1. The molecule has 29 heavy (non-hydrogen) atoms. The van der Waals surface area contributed by atoms with Gasteiger partial charge in [-0.3, -0.25) is 9.59 Å². The molecule has 2 aromatic carbocycles. The van der Waals surface area contributed by atoms with Crippen LogP contribution in [-0.2, 0) is 17.8 Å². The highest BCUT2D eigenvalue weighted by Crippen LogP contribution is 2.05. The standard InChI is InChI=1S/C22H29N5O2/c1-3-24-22(27-16-20(28)26-15-18-8-5-4-6-9-18)25-13-12-17-10-7-11-19(14-17)21(29)23-2/h4-11,14H,3,12-13,15-16H2,1-2H3,(H,23,29)(H,26,28)(H2,24,25,27). The maximum atomic E-state index is 12.0. The van der Waals surface area contributed by atoms with Crippen LogP contribution in [0.1, 0.15) is 28.4 Å². The third kappa shape index (κ3) is 8.04. The minimum atomic E-state index is -0.135. The molecule has 0 fully saturated rings. The van der Waals surface area contributed by atoms with Crippen LogP contribution in [-0.4, -0.2) is 44.5 Å². The fourth-order valence-electron chi connectivity index (χ4n) is 2.68. The molecule has 0 aliphatic heterocycles. The molecule has 0 unspecified atom stereocenters. The first-order valence-corrected chi connectivity index (χ1v) is 9.76. The summed E-state index contributed by atoms with van der Waals surface area (Å²) in [5.41, 5.74) is 2.74. The number of benzene rings is 2. The summed E-state index contributed by atoms with van der Waals surface area (Å²) < 4.78 is 0. The summed E-state index contributed by atoms with van der Waals surface area (Å²) in [5, 5.41) is 11.8. The Balaban J connectivity index is 1.81. The zero-order valence-electron chi connectivity index (χ0n) is 17.0. The van der Waals surface area contributed by atoms with E-state index in [0.29, 0.717) is 31.2 Å². The van der Waals surface area contributed by atoms with Gasteiger partial charge in [0.2, 0.25) is 5.91 Å². The number of aliphatic imine (C=N–C) groups is 1. The Morgan fingerprint density at radius 3 is 2.41 bits per heavy atom. The highest BCUT2D eigenvalue weighted by atomic mass is 16.2. The molecule has 2 rings (SSSR count). The van der Waals surface area contributed by atoms with Crippen molar-refractivity contribution in [3.8, 4) is 0 Å². The lowest BCUT2D eigenvalue weighted by Crippen LogP contribution is -2.39. The van der Waals surface area contributed by atoms with Crippen molar-refractivity contribution in [2.75, 3.05) is 26.7 Å². The average Bonchev–Trinajstić information content (AvgIpc) is 2.76. The summed E-state index contributed by atoms with van der Waals surface area (Å²) in [5.74, 6) is 0.352. The maximum Gasteiger partial charge on any atom is 0.251 e. The fraction of sp³-hybridized carbons (Fsp3) is 0.318. The van der Waals surface area contributed by atoms with E-state index < -0.39 is 0 Å². The van der Waals surface area contributed by atoms with Crippen molar-refractivity contribution < 1.29 is 9.59 Å². The molecule has 7 nitrogen and oxygen atoms in total. The molecular formula is C22H29N5O2. The predicted octanol–water partition coefficient (Wildman–Crippen LogP) is 1.46. The van der Waals surface area contributed by atoms with Crippen molar-refractivity contribution in [3.63, 3.8) is 0 Å². The van der Waals surface area contributed by atoms with Crippen LogP contribution < -0.4 is 21.3 Å². The number of hydrogen-bond donors (Lipinski definition) is 4. The lowest BCUT2D eigenvalue weighted by Gasteiger charge is -2.12. The van der Waals surface area contributed by atoms with E-state index in [1.165, 1.54) is 0 Å². The summed E-state index contributed by atoms with van der Waals surface area (Å²) in [4.78, 5) is 28.1. The molecule has 0 aliphatic carbocycles. The minimum absolute atomic E-state index is 0.0499. The Labute approximate surface area is 172 Å². The van der Waals surface area contributed by atoms with Gasteiger partial charge in [0.1, 0.15) is 6.54 Å². The molecule has 154 valence electrons. The van der Waals surface area contributed by atoms with Crippen LogP contribution in [0.2, 0.25) is 0 Å². The van der Waals surface area contributed by atoms with Crippen LogP contribution in [0.5, 0.6) is 0 Å². The van der Waals surface area contributed by atoms with Gasteiger partial charge in [0.15, 0.2) is 5.96 Å². The first-order chi connectivity index (χ1) is 14.1. The summed E-state index contributed by atoms with van der Waals surface area (Å²) in [6.45, 7) is 3.84. The number of guanidine groups is 1. The summed E-state index contributed by atoms with van der Waals surface area (Å²) in [7, 11) is 1.62. The number of rotatable bonds is 9. The highest BCUT2D eigenvalue weighted by molar-refractivity contribution is 5.94. The van der Waals surface area contributed by atoms with Gasteiger partial charge in [-0.15, -0.1) is 0 Å². The van der Waals surface area contributed by atoms with Gasteiger partial charge >= 0.3 is 0 Å². The Morgan fingerprint density at radius 2 is 1.69 bits per heavy atom. The Morgan fingerprint density at radius 1 is 0.931 bits per heavy atom. The topological polar surface area (TPSA) is 94.6 Å². The first kappa shape index (κ1) is 21.9. The van der Waals surface area contributed by atoms with E-state index in [1.54, 1.807) is 13.1 Å². The van der Waals surface area contributed by atoms with Crippen LogP contribution in [0.3, 0.4) is 0 Å². The van der Waals surface area contributed by atoms with E-state index in [4.69, 9.17) is 0 Å². The normalized spacial score (nSPS) is 10.9. The second kappa shape index (κ2) is 12.2. The molecule has 2 amide bonds. The second-order valence-corrected chi connectivity index (χ2v) is 6.41. The molecule has 0 bridgehead atoms. The third-order valence-corrected chi connectivity index (χ3v) is 4.18. The van der Waals surface area contributed by atoms with Gasteiger partial charge in [0.05, 0.1) is 0 Å². The number of nitrogens with one attached hydrogen (secondary N) is 4. The van der Waals surface area contributed by atoms with E-state index >= 15 is 0 Å². The second-order valence-electron chi connectivity index (χ2n) is 6.41.